The van der Waals surface area contributed by atoms with E-state index in [9.17, 15) is 17.2 Å². The molecule has 0 aliphatic carbocycles. The van der Waals surface area contributed by atoms with Gasteiger partial charge < -0.3 is 0 Å². The summed E-state index contributed by atoms with van der Waals surface area (Å²) < 4.78 is 53.8. The normalized spacial score (nSPS) is 11.5. The first-order valence-electron chi connectivity index (χ1n) is 7.29. The molecule has 0 saturated carbocycles. The maximum Gasteiger partial charge on any atom is 0.236 e. The first-order chi connectivity index (χ1) is 11.8. The molecule has 8 heteroatoms. The van der Waals surface area contributed by atoms with Crippen molar-refractivity contribution in [2.75, 3.05) is 4.72 Å². The van der Waals surface area contributed by atoms with Gasteiger partial charge in [0.2, 0.25) is 10.0 Å². The first kappa shape index (κ1) is 17.5. The smallest absolute Gasteiger partial charge is 0.236 e. The number of nitrogens with zero attached hydrogens (tertiary/aromatic N) is 1. The Morgan fingerprint density at radius 2 is 1.80 bits per heavy atom. The maximum atomic E-state index is 13.3. The molecule has 0 aliphatic rings. The molecule has 1 aromatic heterocycles. The molecule has 3 rings (SSSR count). The quantitative estimate of drug-likeness (QED) is 0.716. The molecule has 0 unspecified atom stereocenters. The second kappa shape index (κ2) is 6.89. The molecule has 2 aromatic carbocycles. The van der Waals surface area contributed by atoms with Crippen LogP contribution in [0.15, 0.2) is 47.8 Å². The highest BCUT2D eigenvalue weighted by molar-refractivity contribution is 7.91. The number of thiazole rings is 1. The van der Waals surface area contributed by atoms with E-state index in [4.69, 9.17) is 0 Å². The van der Waals surface area contributed by atoms with Gasteiger partial charge in [-0.05, 0) is 30.7 Å². The Kier molecular flexibility index (Phi) is 4.82. The van der Waals surface area contributed by atoms with E-state index < -0.39 is 27.4 Å². The number of halogens is 2. The number of nitrogens with one attached hydrogen (secondary N) is 1. The molecule has 130 valence electrons. The standard InChI is InChI=1S/C17H14F2N2O2S2/c1-11-20-17(9-24-11)15-4-2-3-5-16(15)21-25(22,23)10-12-6-13(18)8-14(19)7-12/h2-9,21H,10H2,1H3. The number of para-hydroxylation sites is 1. The molecule has 0 saturated heterocycles. The fraction of sp³-hybridized carbons (Fsp3) is 0.118. The molecule has 0 bridgehead atoms. The second-order valence-electron chi connectivity index (χ2n) is 5.44. The van der Waals surface area contributed by atoms with Crippen molar-refractivity contribution in [3.8, 4) is 11.3 Å². The molecule has 0 atom stereocenters. The van der Waals surface area contributed by atoms with Gasteiger partial charge in [0.05, 0.1) is 22.1 Å². The summed E-state index contributed by atoms with van der Waals surface area (Å²) in [6.45, 7) is 1.86. The van der Waals surface area contributed by atoms with Gasteiger partial charge in [-0.15, -0.1) is 11.3 Å². The van der Waals surface area contributed by atoms with Gasteiger partial charge in [0.25, 0.3) is 0 Å². The third-order valence-electron chi connectivity index (χ3n) is 3.37. The summed E-state index contributed by atoms with van der Waals surface area (Å²) in [6, 6.07) is 9.55. The van der Waals surface area contributed by atoms with E-state index in [0.717, 1.165) is 17.1 Å². The van der Waals surface area contributed by atoms with Gasteiger partial charge in [-0.3, -0.25) is 4.72 Å². The SMILES string of the molecule is Cc1nc(-c2ccccc2NS(=O)(=O)Cc2cc(F)cc(F)c2)cs1. The van der Waals surface area contributed by atoms with E-state index >= 15 is 0 Å². The minimum absolute atomic E-state index is 0.0342. The van der Waals surface area contributed by atoms with Crippen LogP contribution in [-0.4, -0.2) is 13.4 Å². The van der Waals surface area contributed by atoms with Crippen molar-refractivity contribution < 1.29 is 17.2 Å². The van der Waals surface area contributed by atoms with Gasteiger partial charge in [-0.25, -0.2) is 22.2 Å². The molecule has 4 nitrogen and oxygen atoms in total. The van der Waals surface area contributed by atoms with Gasteiger partial charge in [0, 0.05) is 17.0 Å². The molecule has 0 spiro atoms. The van der Waals surface area contributed by atoms with Crippen molar-refractivity contribution in [1.29, 1.82) is 0 Å². The lowest BCUT2D eigenvalue weighted by molar-refractivity contribution is 0.579. The molecule has 0 amide bonds. The highest BCUT2D eigenvalue weighted by atomic mass is 32.2. The molecule has 3 aromatic rings. The molecular weight excluding hydrogens is 366 g/mol. The number of hydrogen-bond donors (Lipinski definition) is 1. The number of sulfonamides is 1. The van der Waals surface area contributed by atoms with Crippen molar-refractivity contribution in [3.63, 3.8) is 0 Å². The Hall–Kier alpha value is -2.32. The molecule has 25 heavy (non-hydrogen) atoms. The third-order valence-corrected chi connectivity index (χ3v) is 5.38. The summed E-state index contributed by atoms with van der Waals surface area (Å²) in [4.78, 5) is 4.36. The Morgan fingerprint density at radius 1 is 1.12 bits per heavy atom. The summed E-state index contributed by atoms with van der Waals surface area (Å²) >= 11 is 1.46. The van der Waals surface area contributed by atoms with E-state index in [1.807, 2.05) is 12.3 Å². The van der Waals surface area contributed by atoms with Gasteiger partial charge in [-0.1, -0.05) is 18.2 Å². The van der Waals surface area contributed by atoms with Crippen LogP contribution in [0.5, 0.6) is 0 Å². The first-order valence-corrected chi connectivity index (χ1v) is 9.82. The zero-order valence-electron chi connectivity index (χ0n) is 13.2. The van der Waals surface area contributed by atoms with Crippen LogP contribution in [0.1, 0.15) is 10.6 Å². The summed E-state index contributed by atoms with van der Waals surface area (Å²) in [5.41, 5.74) is 1.70. The lowest BCUT2D eigenvalue weighted by Crippen LogP contribution is -2.16. The Labute approximate surface area is 148 Å². The fourth-order valence-corrected chi connectivity index (χ4v) is 4.20. The van der Waals surface area contributed by atoms with Gasteiger partial charge in [0.15, 0.2) is 0 Å². The predicted octanol–water partition coefficient (Wildman–Crippen LogP) is 4.34. The Bertz CT molecular complexity index is 997. The number of aromatic nitrogens is 1. The molecule has 1 N–H and O–H groups in total. The number of anilines is 1. The molecular formula is C17H14F2N2O2S2. The van der Waals surface area contributed by atoms with Gasteiger partial charge >= 0.3 is 0 Å². The molecule has 0 aliphatic heterocycles. The van der Waals surface area contributed by atoms with Crippen LogP contribution in [0, 0.1) is 18.6 Å². The van der Waals surface area contributed by atoms with Crippen LogP contribution in [-0.2, 0) is 15.8 Å². The minimum atomic E-state index is -3.85. The number of aryl methyl sites for hydroxylation is 1. The zero-order valence-corrected chi connectivity index (χ0v) is 14.8. The van der Waals surface area contributed by atoms with E-state index in [1.165, 1.54) is 11.3 Å². The second-order valence-corrected chi connectivity index (χ2v) is 8.22. The monoisotopic (exact) mass is 380 g/mol. The van der Waals surface area contributed by atoms with Crippen LogP contribution < -0.4 is 4.72 Å². The van der Waals surface area contributed by atoms with E-state index in [0.29, 0.717) is 23.0 Å². The number of benzene rings is 2. The average molecular weight is 380 g/mol. The van der Waals surface area contributed by atoms with E-state index in [-0.39, 0.29) is 5.56 Å². The summed E-state index contributed by atoms with van der Waals surface area (Å²) in [7, 11) is -3.85. The van der Waals surface area contributed by atoms with E-state index in [1.54, 1.807) is 24.3 Å². The molecule has 0 radical (unpaired) electrons. The average Bonchev–Trinajstić information content (AvgIpc) is 2.92. The zero-order chi connectivity index (χ0) is 18.0. The summed E-state index contributed by atoms with van der Waals surface area (Å²) in [5, 5.41) is 2.70. The van der Waals surface area contributed by atoms with Crippen molar-refractivity contribution in [3.05, 3.63) is 70.1 Å². The predicted molar refractivity (Wildman–Crippen MR) is 94.9 cm³/mol. The van der Waals surface area contributed by atoms with Crippen molar-refractivity contribution in [2.24, 2.45) is 0 Å². The largest absolute Gasteiger partial charge is 0.283 e. The van der Waals surface area contributed by atoms with Crippen molar-refractivity contribution in [2.45, 2.75) is 12.7 Å². The lowest BCUT2D eigenvalue weighted by atomic mass is 10.1. The summed E-state index contributed by atoms with van der Waals surface area (Å²) in [5.74, 6) is -2.17. The van der Waals surface area contributed by atoms with Crippen LogP contribution in [0.2, 0.25) is 0 Å². The van der Waals surface area contributed by atoms with Crippen molar-refractivity contribution in [1.82, 2.24) is 4.98 Å². The topological polar surface area (TPSA) is 59.1 Å². The summed E-state index contributed by atoms with van der Waals surface area (Å²) in [6.07, 6.45) is 0. The van der Waals surface area contributed by atoms with Crippen molar-refractivity contribution >= 4 is 27.0 Å². The molecule has 0 fully saturated rings. The fourth-order valence-electron chi connectivity index (χ4n) is 2.40. The minimum Gasteiger partial charge on any atom is -0.283 e. The van der Waals surface area contributed by atoms with Crippen LogP contribution in [0.25, 0.3) is 11.3 Å². The van der Waals surface area contributed by atoms with Crippen LogP contribution in [0.4, 0.5) is 14.5 Å². The van der Waals surface area contributed by atoms with E-state index in [2.05, 4.69) is 9.71 Å². The molecule has 1 heterocycles. The highest BCUT2D eigenvalue weighted by Gasteiger charge is 2.16. The highest BCUT2D eigenvalue weighted by Crippen LogP contribution is 2.29. The van der Waals surface area contributed by atoms with Crippen LogP contribution >= 0.6 is 11.3 Å². The number of rotatable bonds is 5. The third kappa shape index (κ3) is 4.40. The van der Waals surface area contributed by atoms with Gasteiger partial charge in [-0.2, -0.15) is 0 Å². The van der Waals surface area contributed by atoms with Crippen LogP contribution in [0.3, 0.4) is 0 Å². The Morgan fingerprint density at radius 3 is 2.44 bits per heavy atom. The lowest BCUT2D eigenvalue weighted by Gasteiger charge is -2.11. The maximum absolute atomic E-state index is 13.3. The Balaban J connectivity index is 1.89. The number of hydrogen-bond acceptors (Lipinski definition) is 4. The van der Waals surface area contributed by atoms with Gasteiger partial charge in [0.1, 0.15) is 11.6 Å².